The Labute approximate surface area is 163 Å². The summed E-state index contributed by atoms with van der Waals surface area (Å²) in [4.78, 5) is 0. The molecule has 0 atom stereocenters. The summed E-state index contributed by atoms with van der Waals surface area (Å²) in [5.41, 5.74) is 2.74. The van der Waals surface area contributed by atoms with Gasteiger partial charge in [-0.25, -0.2) is 0 Å². The molecular weight excluding hydrogens is 344 g/mol. The quantitative estimate of drug-likeness (QED) is 0.359. The van der Waals surface area contributed by atoms with E-state index in [2.05, 4.69) is 99.5 Å². The lowest BCUT2D eigenvalue weighted by molar-refractivity contribution is 0.670. The van der Waals surface area contributed by atoms with Crippen LogP contribution in [0.25, 0.3) is 0 Å². The first-order valence-corrected chi connectivity index (χ1v) is 16.3. The highest BCUT2D eigenvalue weighted by molar-refractivity contribution is 6.99. The van der Waals surface area contributed by atoms with Gasteiger partial charge < -0.3 is 0 Å². The van der Waals surface area contributed by atoms with E-state index >= 15 is 0 Å². The van der Waals surface area contributed by atoms with E-state index in [0.29, 0.717) is 0 Å². The van der Waals surface area contributed by atoms with E-state index in [0.717, 1.165) is 0 Å². The number of hydrogen-bond donors (Lipinski definition) is 0. The Hall–Kier alpha value is -1.39. The van der Waals surface area contributed by atoms with Gasteiger partial charge in [0.2, 0.25) is 0 Å². The van der Waals surface area contributed by atoms with Crippen LogP contribution in [-0.2, 0) is 0 Å². The first kappa shape index (κ1) is 20.9. The molecule has 0 radical (unpaired) electrons. The fourth-order valence-electron chi connectivity index (χ4n) is 3.73. The molecule has 0 fully saturated rings. The van der Waals surface area contributed by atoms with Gasteiger partial charge in [-0.2, -0.15) is 0 Å². The van der Waals surface area contributed by atoms with E-state index in [-0.39, 0.29) is 0 Å². The van der Waals surface area contributed by atoms with Gasteiger partial charge in [0.1, 0.15) is 16.1 Å². The van der Waals surface area contributed by atoms with Crippen molar-refractivity contribution < 1.29 is 0 Å². The van der Waals surface area contributed by atoms with E-state index < -0.39 is 16.1 Å². The lowest BCUT2D eigenvalue weighted by Crippen LogP contribution is -2.47. The molecule has 2 aromatic rings. The SMILES string of the molecule is CCCCCC/C(=C/[Si](C)(C)c1ccccc1)[Si](C)(C)c1ccccc1. The summed E-state index contributed by atoms with van der Waals surface area (Å²) in [6.07, 6.45) is 6.64. The maximum Gasteiger partial charge on any atom is 0.106 e. The Kier molecular flexibility index (Phi) is 7.66. The van der Waals surface area contributed by atoms with Crippen LogP contribution in [0.4, 0.5) is 0 Å². The summed E-state index contributed by atoms with van der Waals surface area (Å²) in [5.74, 6) is 0. The van der Waals surface area contributed by atoms with E-state index in [1.807, 2.05) is 0 Å². The fourth-order valence-corrected chi connectivity index (χ4v) is 10.7. The third kappa shape index (κ3) is 5.55. The normalized spacial score (nSPS) is 13.0. The second-order valence-electron chi connectivity index (χ2n) is 8.56. The highest BCUT2D eigenvalue weighted by atomic mass is 28.3. The minimum Gasteiger partial charge on any atom is -0.0946 e. The van der Waals surface area contributed by atoms with Crippen LogP contribution >= 0.6 is 0 Å². The second kappa shape index (κ2) is 9.52. The Balaban J connectivity index is 2.37. The maximum absolute atomic E-state index is 2.74. The zero-order chi connectivity index (χ0) is 19.0. The first-order valence-electron chi connectivity index (χ1n) is 10.2. The van der Waals surface area contributed by atoms with Gasteiger partial charge in [-0.05, 0) is 12.8 Å². The van der Waals surface area contributed by atoms with E-state index in [1.165, 1.54) is 32.1 Å². The van der Waals surface area contributed by atoms with Gasteiger partial charge in [-0.15, -0.1) is 0 Å². The Bertz CT molecular complexity index is 685. The van der Waals surface area contributed by atoms with Crippen LogP contribution in [0.15, 0.2) is 71.6 Å². The Morgan fingerprint density at radius 3 is 1.81 bits per heavy atom. The second-order valence-corrected chi connectivity index (χ2v) is 17.3. The lowest BCUT2D eigenvalue weighted by atomic mass is 10.1. The molecule has 0 heterocycles. The lowest BCUT2D eigenvalue weighted by Gasteiger charge is -2.31. The van der Waals surface area contributed by atoms with Gasteiger partial charge in [0, 0.05) is 0 Å². The fraction of sp³-hybridized carbons (Fsp3) is 0.417. The molecule has 140 valence electrons. The molecule has 0 aliphatic rings. The molecule has 2 heteroatoms. The average molecular weight is 381 g/mol. The van der Waals surface area contributed by atoms with Crippen LogP contribution in [0, 0.1) is 0 Å². The standard InChI is InChI=1S/C24H36Si2/c1-6-7-8-11-20-24(26(4,5)23-18-14-10-15-19-23)21-25(2,3)22-16-12-9-13-17-22/h9-10,12-19,21H,6-8,11,20H2,1-5H3/b24-21-. The molecule has 0 N–H and O–H groups in total. The smallest absolute Gasteiger partial charge is 0.0946 e. The van der Waals surface area contributed by atoms with Gasteiger partial charge in [0.05, 0.1) is 0 Å². The van der Waals surface area contributed by atoms with E-state index in [4.69, 9.17) is 0 Å². The highest BCUT2D eigenvalue weighted by Gasteiger charge is 2.31. The molecule has 0 aliphatic heterocycles. The van der Waals surface area contributed by atoms with Crippen molar-refractivity contribution >= 4 is 26.5 Å². The summed E-state index contributed by atoms with van der Waals surface area (Å²) < 4.78 is 0. The van der Waals surface area contributed by atoms with Gasteiger partial charge in [0.15, 0.2) is 0 Å². The maximum atomic E-state index is 2.74. The molecular formula is C24H36Si2. The van der Waals surface area contributed by atoms with Crippen molar-refractivity contribution in [3.8, 4) is 0 Å². The third-order valence-corrected chi connectivity index (χ3v) is 12.6. The van der Waals surface area contributed by atoms with Crippen molar-refractivity contribution in [2.45, 2.75) is 65.2 Å². The van der Waals surface area contributed by atoms with Gasteiger partial charge in [0.25, 0.3) is 0 Å². The molecule has 0 bridgehead atoms. The van der Waals surface area contributed by atoms with Crippen molar-refractivity contribution in [1.29, 1.82) is 0 Å². The van der Waals surface area contributed by atoms with Crippen LogP contribution < -0.4 is 10.4 Å². The molecule has 0 saturated carbocycles. The Morgan fingerprint density at radius 1 is 0.731 bits per heavy atom. The Morgan fingerprint density at radius 2 is 1.27 bits per heavy atom. The topological polar surface area (TPSA) is 0 Å². The van der Waals surface area contributed by atoms with Crippen molar-refractivity contribution in [3.63, 3.8) is 0 Å². The van der Waals surface area contributed by atoms with Crippen molar-refractivity contribution in [2.24, 2.45) is 0 Å². The van der Waals surface area contributed by atoms with Crippen LogP contribution in [0.2, 0.25) is 26.2 Å². The third-order valence-electron chi connectivity index (χ3n) is 5.65. The zero-order valence-electron chi connectivity index (χ0n) is 17.4. The number of unbranched alkanes of at least 4 members (excludes halogenated alkanes) is 3. The zero-order valence-corrected chi connectivity index (χ0v) is 19.4. The molecule has 0 aromatic heterocycles. The van der Waals surface area contributed by atoms with Gasteiger partial charge in [-0.3, -0.25) is 0 Å². The monoisotopic (exact) mass is 380 g/mol. The van der Waals surface area contributed by atoms with Crippen LogP contribution in [-0.4, -0.2) is 16.1 Å². The molecule has 26 heavy (non-hydrogen) atoms. The van der Waals surface area contributed by atoms with Crippen LogP contribution in [0.5, 0.6) is 0 Å². The number of hydrogen-bond acceptors (Lipinski definition) is 0. The molecule has 0 amide bonds. The number of rotatable bonds is 9. The van der Waals surface area contributed by atoms with Gasteiger partial charge in [-0.1, -0.05) is 134 Å². The largest absolute Gasteiger partial charge is 0.106 e. The van der Waals surface area contributed by atoms with Crippen molar-refractivity contribution in [1.82, 2.24) is 0 Å². The summed E-state index contributed by atoms with van der Waals surface area (Å²) in [6, 6.07) is 22.4. The van der Waals surface area contributed by atoms with Crippen LogP contribution in [0.1, 0.15) is 39.0 Å². The predicted octanol–water partition coefficient (Wildman–Crippen LogP) is 6.19. The minimum atomic E-state index is -1.62. The minimum absolute atomic E-state index is 1.28. The molecule has 0 aliphatic carbocycles. The molecule has 2 aromatic carbocycles. The molecule has 0 unspecified atom stereocenters. The highest BCUT2D eigenvalue weighted by Crippen LogP contribution is 2.24. The van der Waals surface area contributed by atoms with Crippen LogP contribution in [0.3, 0.4) is 0 Å². The van der Waals surface area contributed by atoms with Crippen molar-refractivity contribution in [3.05, 3.63) is 71.6 Å². The number of benzene rings is 2. The molecule has 0 spiro atoms. The molecule has 2 rings (SSSR count). The van der Waals surface area contributed by atoms with E-state index in [1.54, 1.807) is 15.6 Å². The molecule has 0 saturated heterocycles. The van der Waals surface area contributed by atoms with E-state index in [9.17, 15) is 0 Å². The average Bonchev–Trinajstić information content (AvgIpc) is 2.65. The first-order chi connectivity index (χ1) is 12.4. The summed E-state index contributed by atoms with van der Waals surface area (Å²) in [7, 11) is -3.20. The number of allylic oxidation sites excluding steroid dienone is 1. The summed E-state index contributed by atoms with van der Waals surface area (Å²) in [6.45, 7) is 12.4. The van der Waals surface area contributed by atoms with Gasteiger partial charge >= 0.3 is 0 Å². The summed E-state index contributed by atoms with van der Waals surface area (Å²) in [5, 5.41) is 4.88. The predicted molar refractivity (Wildman–Crippen MR) is 124 cm³/mol. The summed E-state index contributed by atoms with van der Waals surface area (Å²) >= 11 is 0. The van der Waals surface area contributed by atoms with Crippen molar-refractivity contribution in [2.75, 3.05) is 0 Å². The molecule has 0 nitrogen and oxygen atoms in total.